The van der Waals surface area contributed by atoms with Gasteiger partial charge in [0.1, 0.15) is 17.5 Å². The second kappa shape index (κ2) is 7.41. The highest BCUT2D eigenvalue weighted by Crippen LogP contribution is 2.24. The van der Waals surface area contributed by atoms with Gasteiger partial charge in [0.05, 0.1) is 0 Å². The highest BCUT2D eigenvalue weighted by molar-refractivity contribution is 7.07. The maximum Gasteiger partial charge on any atom is 0.137 e. The lowest BCUT2D eigenvalue weighted by Crippen LogP contribution is -2.21. The van der Waals surface area contributed by atoms with Gasteiger partial charge in [-0.15, -0.1) is 0 Å². The molecule has 2 aromatic heterocycles. The van der Waals surface area contributed by atoms with Gasteiger partial charge in [0.25, 0.3) is 0 Å². The molecule has 0 spiro atoms. The summed E-state index contributed by atoms with van der Waals surface area (Å²) >= 11 is 1.73. The highest BCUT2D eigenvalue weighted by atomic mass is 32.1. The van der Waals surface area contributed by atoms with E-state index in [0.717, 1.165) is 49.0 Å². The van der Waals surface area contributed by atoms with Crippen LogP contribution in [-0.2, 0) is 13.0 Å². The standard InChI is InChI=1S/C16H24N4S/c1-5-8-17-15-12(3)16(19-14(6-2)18-15)20(4)10-13-7-9-21-11-13/h7,9,11H,5-6,8,10H2,1-4H3,(H,17,18,19). The summed E-state index contributed by atoms with van der Waals surface area (Å²) in [7, 11) is 2.09. The molecule has 0 aliphatic heterocycles. The summed E-state index contributed by atoms with van der Waals surface area (Å²) in [6.07, 6.45) is 1.94. The molecule has 0 aliphatic carbocycles. The van der Waals surface area contributed by atoms with Gasteiger partial charge >= 0.3 is 0 Å². The normalized spacial score (nSPS) is 10.7. The number of nitrogens with zero attached hydrogens (tertiary/aromatic N) is 3. The summed E-state index contributed by atoms with van der Waals surface area (Å²) in [4.78, 5) is 11.5. The quantitative estimate of drug-likeness (QED) is 0.843. The van der Waals surface area contributed by atoms with E-state index in [-0.39, 0.29) is 0 Å². The average Bonchev–Trinajstić information content (AvgIpc) is 2.99. The molecule has 0 aromatic carbocycles. The fraction of sp³-hybridized carbons (Fsp3) is 0.500. The Bertz CT molecular complexity index is 566. The van der Waals surface area contributed by atoms with Crippen molar-refractivity contribution in [1.29, 1.82) is 0 Å². The fourth-order valence-corrected chi connectivity index (χ4v) is 2.89. The monoisotopic (exact) mass is 304 g/mol. The van der Waals surface area contributed by atoms with Crippen molar-refractivity contribution in [1.82, 2.24) is 9.97 Å². The highest BCUT2D eigenvalue weighted by Gasteiger charge is 2.14. The number of nitrogens with one attached hydrogen (secondary N) is 1. The predicted molar refractivity (Wildman–Crippen MR) is 91.4 cm³/mol. The third-order valence-corrected chi connectivity index (χ3v) is 4.12. The second-order valence-corrected chi connectivity index (χ2v) is 5.99. The number of hydrogen-bond acceptors (Lipinski definition) is 5. The van der Waals surface area contributed by atoms with Crippen LogP contribution >= 0.6 is 11.3 Å². The molecular formula is C16H24N4S. The Labute approximate surface area is 131 Å². The molecule has 0 saturated carbocycles. The van der Waals surface area contributed by atoms with Crippen molar-refractivity contribution in [3.8, 4) is 0 Å². The maximum absolute atomic E-state index is 4.72. The van der Waals surface area contributed by atoms with Crippen LogP contribution in [0.3, 0.4) is 0 Å². The van der Waals surface area contributed by atoms with Crippen LogP contribution < -0.4 is 10.2 Å². The number of aromatic nitrogens is 2. The zero-order chi connectivity index (χ0) is 15.2. The van der Waals surface area contributed by atoms with E-state index in [1.165, 1.54) is 5.56 Å². The van der Waals surface area contributed by atoms with Gasteiger partial charge in [-0.2, -0.15) is 11.3 Å². The van der Waals surface area contributed by atoms with Gasteiger partial charge in [-0.1, -0.05) is 13.8 Å². The van der Waals surface area contributed by atoms with E-state index in [1.807, 2.05) is 0 Å². The molecule has 2 heterocycles. The Morgan fingerprint density at radius 3 is 2.71 bits per heavy atom. The molecule has 0 radical (unpaired) electrons. The lowest BCUT2D eigenvalue weighted by Gasteiger charge is -2.22. The maximum atomic E-state index is 4.72. The van der Waals surface area contributed by atoms with E-state index in [2.05, 4.69) is 59.8 Å². The van der Waals surface area contributed by atoms with Crippen molar-refractivity contribution in [2.45, 2.75) is 40.2 Å². The largest absolute Gasteiger partial charge is 0.370 e. The molecule has 0 fully saturated rings. The summed E-state index contributed by atoms with van der Waals surface area (Å²) < 4.78 is 0. The van der Waals surface area contributed by atoms with E-state index < -0.39 is 0 Å². The van der Waals surface area contributed by atoms with Crippen LogP contribution in [0.25, 0.3) is 0 Å². The van der Waals surface area contributed by atoms with E-state index in [9.17, 15) is 0 Å². The van der Waals surface area contributed by atoms with Gasteiger partial charge in [-0.3, -0.25) is 0 Å². The molecule has 0 saturated heterocycles. The molecule has 0 unspecified atom stereocenters. The fourth-order valence-electron chi connectivity index (χ4n) is 2.23. The third kappa shape index (κ3) is 3.94. The Balaban J connectivity index is 2.27. The summed E-state index contributed by atoms with van der Waals surface area (Å²) in [5, 5.41) is 7.71. The minimum atomic E-state index is 0.848. The summed E-state index contributed by atoms with van der Waals surface area (Å²) in [5.41, 5.74) is 2.44. The van der Waals surface area contributed by atoms with Crippen LogP contribution in [0.1, 0.15) is 37.2 Å². The molecule has 2 aromatic rings. The number of aryl methyl sites for hydroxylation is 1. The van der Waals surface area contributed by atoms with Gasteiger partial charge in [0.15, 0.2) is 0 Å². The molecule has 114 valence electrons. The van der Waals surface area contributed by atoms with Crippen molar-refractivity contribution in [3.05, 3.63) is 33.8 Å². The Kier molecular flexibility index (Phi) is 5.56. The van der Waals surface area contributed by atoms with Crippen LogP contribution in [0.4, 0.5) is 11.6 Å². The topological polar surface area (TPSA) is 41.1 Å². The molecule has 21 heavy (non-hydrogen) atoms. The number of anilines is 2. The molecule has 0 bridgehead atoms. The van der Waals surface area contributed by atoms with Crippen molar-refractivity contribution >= 4 is 23.0 Å². The first-order valence-corrected chi connectivity index (χ1v) is 8.43. The first kappa shape index (κ1) is 15.8. The summed E-state index contributed by atoms with van der Waals surface area (Å²) in [6, 6.07) is 2.16. The number of thiophene rings is 1. The Hall–Kier alpha value is -1.62. The van der Waals surface area contributed by atoms with E-state index >= 15 is 0 Å². The van der Waals surface area contributed by atoms with Crippen LogP contribution in [0.5, 0.6) is 0 Å². The van der Waals surface area contributed by atoms with Crippen LogP contribution in [0.15, 0.2) is 16.8 Å². The third-order valence-electron chi connectivity index (χ3n) is 3.39. The Morgan fingerprint density at radius 1 is 1.29 bits per heavy atom. The second-order valence-electron chi connectivity index (χ2n) is 5.21. The van der Waals surface area contributed by atoms with Gasteiger partial charge in [-0.05, 0) is 35.7 Å². The van der Waals surface area contributed by atoms with E-state index in [1.54, 1.807) is 11.3 Å². The van der Waals surface area contributed by atoms with Gasteiger partial charge in [-0.25, -0.2) is 9.97 Å². The first-order valence-electron chi connectivity index (χ1n) is 7.49. The summed E-state index contributed by atoms with van der Waals surface area (Å²) in [5.74, 6) is 2.88. The number of hydrogen-bond donors (Lipinski definition) is 1. The van der Waals surface area contributed by atoms with Crippen molar-refractivity contribution in [2.24, 2.45) is 0 Å². The molecule has 4 nitrogen and oxygen atoms in total. The van der Waals surface area contributed by atoms with E-state index in [4.69, 9.17) is 4.98 Å². The van der Waals surface area contributed by atoms with Gasteiger partial charge in [0, 0.05) is 32.1 Å². The zero-order valence-corrected chi connectivity index (χ0v) is 14.1. The van der Waals surface area contributed by atoms with Gasteiger partial charge in [0.2, 0.25) is 0 Å². The molecule has 1 N–H and O–H groups in total. The molecule has 2 rings (SSSR count). The lowest BCUT2D eigenvalue weighted by atomic mass is 10.2. The van der Waals surface area contributed by atoms with Crippen molar-refractivity contribution < 1.29 is 0 Å². The summed E-state index contributed by atoms with van der Waals surface area (Å²) in [6.45, 7) is 8.16. The first-order chi connectivity index (χ1) is 10.2. The molecule has 0 aliphatic rings. The SMILES string of the molecule is CCCNc1nc(CC)nc(N(C)Cc2ccsc2)c1C. The van der Waals surface area contributed by atoms with Crippen LogP contribution in [0.2, 0.25) is 0 Å². The molecule has 0 amide bonds. The van der Waals surface area contributed by atoms with Crippen LogP contribution in [0, 0.1) is 6.92 Å². The van der Waals surface area contributed by atoms with E-state index in [0.29, 0.717) is 0 Å². The minimum absolute atomic E-state index is 0.848. The smallest absolute Gasteiger partial charge is 0.137 e. The lowest BCUT2D eigenvalue weighted by molar-refractivity contribution is 0.847. The number of rotatable bonds is 7. The predicted octanol–water partition coefficient (Wildman–Crippen LogP) is 3.87. The van der Waals surface area contributed by atoms with Crippen molar-refractivity contribution in [3.63, 3.8) is 0 Å². The molecular weight excluding hydrogens is 280 g/mol. The molecule has 0 atom stereocenters. The Morgan fingerprint density at radius 2 is 2.10 bits per heavy atom. The van der Waals surface area contributed by atoms with Crippen LogP contribution in [-0.4, -0.2) is 23.6 Å². The van der Waals surface area contributed by atoms with Crippen molar-refractivity contribution in [2.75, 3.05) is 23.8 Å². The van der Waals surface area contributed by atoms with Gasteiger partial charge < -0.3 is 10.2 Å². The zero-order valence-electron chi connectivity index (χ0n) is 13.3. The average molecular weight is 304 g/mol. The minimum Gasteiger partial charge on any atom is -0.370 e. The molecule has 5 heteroatoms.